The number of rotatable bonds is 3. The van der Waals surface area contributed by atoms with Crippen LogP contribution in [0.5, 0.6) is 0 Å². The van der Waals surface area contributed by atoms with Gasteiger partial charge in [0.1, 0.15) is 6.04 Å². The van der Waals surface area contributed by atoms with E-state index in [1.165, 1.54) is 0 Å². The fourth-order valence-electron chi connectivity index (χ4n) is 1.90. The first kappa shape index (κ1) is 12.0. The van der Waals surface area contributed by atoms with E-state index in [0.29, 0.717) is 5.02 Å². The van der Waals surface area contributed by atoms with E-state index >= 15 is 0 Å². The number of aromatic nitrogens is 1. The van der Waals surface area contributed by atoms with Gasteiger partial charge in [0.15, 0.2) is 0 Å². The van der Waals surface area contributed by atoms with Gasteiger partial charge in [-0.3, -0.25) is 4.79 Å². The highest BCUT2D eigenvalue weighted by Crippen LogP contribution is 2.29. The maximum Gasteiger partial charge on any atom is 0.321 e. The van der Waals surface area contributed by atoms with E-state index < -0.39 is 12.0 Å². The molecule has 17 heavy (non-hydrogen) atoms. The van der Waals surface area contributed by atoms with E-state index in [1.54, 1.807) is 19.2 Å². The SMILES string of the molecule is CC(c1c[nH]c2ccc(Cl)cc12)[C@H](N)C(=O)O. The molecule has 0 aliphatic carbocycles. The van der Waals surface area contributed by atoms with E-state index in [4.69, 9.17) is 22.4 Å². The summed E-state index contributed by atoms with van der Waals surface area (Å²) in [6, 6.07) is 4.54. The number of nitrogens with one attached hydrogen (secondary N) is 1. The van der Waals surface area contributed by atoms with E-state index in [-0.39, 0.29) is 5.92 Å². The fourth-order valence-corrected chi connectivity index (χ4v) is 2.07. The zero-order valence-electron chi connectivity index (χ0n) is 9.27. The highest BCUT2D eigenvalue weighted by molar-refractivity contribution is 6.31. The lowest BCUT2D eigenvalue weighted by atomic mass is 9.93. The summed E-state index contributed by atoms with van der Waals surface area (Å²) in [4.78, 5) is 14.0. The van der Waals surface area contributed by atoms with E-state index in [0.717, 1.165) is 16.5 Å². The zero-order chi connectivity index (χ0) is 12.6. The maximum atomic E-state index is 10.9. The predicted octanol–water partition coefficient (Wildman–Crippen LogP) is 2.34. The lowest BCUT2D eigenvalue weighted by molar-refractivity contribution is -0.138. The average Bonchev–Trinajstić information content (AvgIpc) is 2.69. The summed E-state index contributed by atoms with van der Waals surface area (Å²) in [6.45, 7) is 1.79. The standard InChI is InChI=1S/C12H13ClN2O2/c1-6(11(14)12(16)17)9-5-15-10-3-2-7(13)4-8(9)10/h2-6,11,15H,14H2,1H3,(H,16,17)/t6?,11-/m0/s1. The van der Waals surface area contributed by atoms with Crippen molar-refractivity contribution < 1.29 is 9.90 Å². The molecule has 1 heterocycles. The second-order valence-corrected chi connectivity index (χ2v) is 4.52. The smallest absolute Gasteiger partial charge is 0.321 e. The van der Waals surface area contributed by atoms with Crippen molar-refractivity contribution >= 4 is 28.5 Å². The van der Waals surface area contributed by atoms with Gasteiger partial charge in [-0.15, -0.1) is 0 Å². The van der Waals surface area contributed by atoms with Crippen molar-refractivity contribution in [2.75, 3.05) is 0 Å². The Morgan fingerprint density at radius 1 is 1.53 bits per heavy atom. The Kier molecular flexibility index (Phi) is 3.09. The molecule has 4 N–H and O–H groups in total. The van der Waals surface area contributed by atoms with Crippen molar-refractivity contribution in [2.45, 2.75) is 18.9 Å². The van der Waals surface area contributed by atoms with Crippen LogP contribution < -0.4 is 5.73 Å². The van der Waals surface area contributed by atoms with Gasteiger partial charge >= 0.3 is 5.97 Å². The largest absolute Gasteiger partial charge is 0.480 e. The van der Waals surface area contributed by atoms with Crippen LogP contribution >= 0.6 is 11.6 Å². The van der Waals surface area contributed by atoms with E-state index in [1.807, 2.05) is 12.1 Å². The van der Waals surface area contributed by atoms with Gasteiger partial charge in [0.05, 0.1) is 0 Å². The van der Waals surface area contributed by atoms with Gasteiger partial charge in [-0.2, -0.15) is 0 Å². The van der Waals surface area contributed by atoms with Crippen molar-refractivity contribution in [1.29, 1.82) is 0 Å². The minimum absolute atomic E-state index is 0.278. The number of carboxylic acid groups (broad SMARTS) is 1. The highest BCUT2D eigenvalue weighted by atomic mass is 35.5. The Bertz CT molecular complexity index is 565. The first-order chi connectivity index (χ1) is 8.00. The molecule has 0 aliphatic rings. The minimum atomic E-state index is -1.01. The van der Waals surface area contributed by atoms with Crippen LogP contribution in [-0.2, 0) is 4.79 Å². The number of nitrogens with two attached hydrogens (primary N) is 1. The van der Waals surface area contributed by atoms with Crippen molar-refractivity contribution in [3.8, 4) is 0 Å². The summed E-state index contributed by atoms with van der Waals surface area (Å²) in [6.07, 6.45) is 1.79. The van der Waals surface area contributed by atoms with Crippen molar-refractivity contribution in [1.82, 2.24) is 4.98 Å². The fraction of sp³-hybridized carbons (Fsp3) is 0.250. The number of hydrogen-bond donors (Lipinski definition) is 3. The Morgan fingerprint density at radius 2 is 2.24 bits per heavy atom. The third-order valence-electron chi connectivity index (χ3n) is 2.99. The second-order valence-electron chi connectivity index (χ2n) is 4.09. The van der Waals surface area contributed by atoms with Gasteiger partial charge in [-0.05, 0) is 23.8 Å². The van der Waals surface area contributed by atoms with Crippen molar-refractivity contribution in [3.63, 3.8) is 0 Å². The second kappa shape index (κ2) is 4.39. The normalized spacial score (nSPS) is 14.8. The molecule has 1 aromatic heterocycles. The zero-order valence-corrected chi connectivity index (χ0v) is 10.0. The molecule has 0 amide bonds. The highest BCUT2D eigenvalue weighted by Gasteiger charge is 2.23. The summed E-state index contributed by atoms with van der Waals surface area (Å²) in [7, 11) is 0. The van der Waals surface area contributed by atoms with Gasteiger partial charge in [-0.1, -0.05) is 18.5 Å². The molecular formula is C12H13ClN2O2. The quantitative estimate of drug-likeness (QED) is 0.784. The van der Waals surface area contributed by atoms with Crippen molar-refractivity contribution in [3.05, 3.63) is 35.0 Å². The lowest BCUT2D eigenvalue weighted by Crippen LogP contribution is -2.35. The Balaban J connectivity index is 2.48. The van der Waals surface area contributed by atoms with Crippen LogP contribution in [0.2, 0.25) is 5.02 Å². The summed E-state index contributed by atoms with van der Waals surface area (Å²) < 4.78 is 0. The van der Waals surface area contributed by atoms with Gasteiger partial charge in [-0.25, -0.2) is 0 Å². The Hall–Kier alpha value is -1.52. The molecule has 0 spiro atoms. The monoisotopic (exact) mass is 252 g/mol. The van der Waals surface area contributed by atoms with Crippen LogP contribution in [0.15, 0.2) is 24.4 Å². The lowest BCUT2D eigenvalue weighted by Gasteiger charge is -2.15. The van der Waals surface area contributed by atoms with E-state index in [9.17, 15) is 4.79 Å². The number of aliphatic carboxylic acids is 1. The van der Waals surface area contributed by atoms with Crippen LogP contribution in [0.25, 0.3) is 10.9 Å². The minimum Gasteiger partial charge on any atom is -0.480 e. The number of carbonyl (C=O) groups is 1. The van der Waals surface area contributed by atoms with Gasteiger partial charge in [0, 0.05) is 28.0 Å². The third-order valence-corrected chi connectivity index (χ3v) is 3.23. The first-order valence-electron chi connectivity index (χ1n) is 5.25. The molecule has 0 fully saturated rings. The molecular weight excluding hydrogens is 240 g/mol. The Morgan fingerprint density at radius 3 is 2.88 bits per heavy atom. The van der Waals surface area contributed by atoms with Gasteiger partial charge in [0.25, 0.3) is 0 Å². The number of halogens is 1. The molecule has 1 aromatic carbocycles. The summed E-state index contributed by atoms with van der Waals surface area (Å²) in [5.74, 6) is -1.28. The van der Waals surface area contributed by atoms with Crippen molar-refractivity contribution in [2.24, 2.45) is 5.73 Å². The Labute approximate surface area is 103 Å². The molecule has 2 atom stereocenters. The summed E-state index contributed by atoms with van der Waals surface area (Å²) in [5.41, 5.74) is 7.43. The molecule has 0 aliphatic heterocycles. The molecule has 5 heteroatoms. The molecule has 0 saturated heterocycles. The number of hydrogen-bond acceptors (Lipinski definition) is 2. The number of carboxylic acids is 1. The molecule has 0 saturated carbocycles. The molecule has 0 bridgehead atoms. The number of H-pyrrole nitrogens is 1. The number of aromatic amines is 1. The van der Waals surface area contributed by atoms with Crippen LogP contribution in [0.3, 0.4) is 0 Å². The molecule has 2 aromatic rings. The third kappa shape index (κ3) is 2.14. The maximum absolute atomic E-state index is 10.9. The molecule has 0 radical (unpaired) electrons. The molecule has 90 valence electrons. The predicted molar refractivity (Wildman–Crippen MR) is 67.3 cm³/mol. The first-order valence-corrected chi connectivity index (χ1v) is 5.63. The summed E-state index contributed by atoms with van der Waals surface area (Å²) in [5, 5.41) is 10.5. The molecule has 4 nitrogen and oxygen atoms in total. The van der Waals surface area contributed by atoms with Gasteiger partial charge in [0.2, 0.25) is 0 Å². The van der Waals surface area contributed by atoms with Crippen LogP contribution in [0, 0.1) is 0 Å². The number of benzene rings is 1. The van der Waals surface area contributed by atoms with Crippen LogP contribution in [-0.4, -0.2) is 22.1 Å². The van der Waals surface area contributed by atoms with E-state index in [2.05, 4.69) is 4.98 Å². The van der Waals surface area contributed by atoms with Crippen LogP contribution in [0.4, 0.5) is 0 Å². The average molecular weight is 253 g/mol. The van der Waals surface area contributed by atoms with Crippen LogP contribution in [0.1, 0.15) is 18.4 Å². The summed E-state index contributed by atoms with van der Waals surface area (Å²) >= 11 is 5.93. The molecule has 2 rings (SSSR count). The molecule has 1 unspecified atom stereocenters. The number of fused-ring (bicyclic) bond motifs is 1. The topological polar surface area (TPSA) is 79.1 Å². The van der Waals surface area contributed by atoms with Gasteiger partial charge < -0.3 is 15.8 Å².